The van der Waals surface area contributed by atoms with Crippen LogP contribution in [0.1, 0.15) is 71.6 Å². The SMILES string of the molecule is CCc1cccc(CC)c1-c1cc(C)c2c3c(ccc2c1)C1=C(CCC=C1)C(c1cc(Cl)ccc1C)C3.c1cnc2ccncc2c1. The Morgan fingerprint density at radius 1 is 0.809 bits per heavy atom. The summed E-state index contributed by atoms with van der Waals surface area (Å²) in [5.41, 5.74) is 16.7. The molecule has 2 heterocycles. The van der Waals surface area contributed by atoms with Gasteiger partial charge in [-0.1, -0.05) is 85.6 Å². The Kier molecular flexibility index (Phi) is 8.80. The zero-order valence-electron chi connectivity index (χ0n) is 27.8. The van der Waals surface area contributed by atoms with E-state index in [2.05, 4.69) is 104 Å². The molecular weight excluding hydrogens is 592 g/mol. The summed E-state index contributed by atoms with van der Waals surface area (Å²) in [6.07, 6.45) is 15.5. The third-order valence-electron chi connectivity index (χ3n) is 10.1. The second-order valence-electron chi connectivity index (χ2n) is 12.9. The summed E-state index contributed by atoms with van der Waals surface area (Å²) < 4.78 is 0. The second kappa shape index (κ2) is 13.3. The van der Waals surface area contributed by atoms with Gasteiger partial charge in [-0.15, -0.1) is 0 Å². The van der Waals surface area contributed by atoms with Crippen molar-refractivity contribution in [3.8, 4) is 11.1 Å². The van der Waals surface area contributed by atoms with Crippen molar-refractivity contribution in [2.24, 2.45) is 0 Å². The van der Waals surface area contributed by atoms with Crippen LogP contribution in [0.2, 0.25) is 5.02 Å². The molecule has 2 aliphatic rings. The maximum Gasteiger partial charge on any atom is 0.0732 e. The normalized spacial score (nSPS) is 15.3. The molecule has 0 saturated carbocycles. The van der Waals surface area contributed by atoms with Gasteiger partial charge in [0.1, 0.15) is 0 Å². The number of aryl methyl sites for hydroxylation is 4. The molecule has 1 unspecified atom stereocenters. The Bertz CT molecular complexity index is 2100. The molecule has 0 amide bonds. The molecule has 4 aromatic carbocycles. The number of benzene rings is 4. The molecular formula is C44H41ClN2. The Labute approximate surface area is 283 Å². The average Bonchev–Trinajstić information content (AvgIpc) is 3.11. The Balaban J connectivity index is 0.000000298. The molecule has 2 aromatic heterocycles. The molecule has 0 N–H and O–H groups in total. The molecule has 2 aliphatic carbocycles. The van der Waals surface area contributed by atoms with Crippen molar-refractivity contribution in [3.63, 3.8) is 0 Å². The largest absolute Gasteiger partial charge is 0.264 e. The third kappa shape index (κ3) is 5.92. The highest BCUT2D eigenvalue weighted by Gasteiger charge is 2.31. The average molecular weight is 633 g/mol. The minimum absolute atomic E-state index is 0.378. The van der Waals surface area contributed by atoms with Gasteiger partial charge >= 0.3 is 0 Å². The Morgan fingerprint density at radius 3 is 2.43 bits per heavy atom. The van der Waals surface area contributed by atoms with Crippen LogP contribution in [0.3, 0.4) is 0 Å². The van der Waals surface area contributed by atoms with E-state index >= 15 is 0 Å². The van der Waals surface area contributed by atoms with E-state index in [0.717, 1.165) is 48.0 Å². The fourth-order valence-electron chi connectivity index (χ4n) is 7.82. The van der Waals surface area contributed by atoms with Gasteiger partial charge in [-0.2, -0.15) is 0 Å². The van der Waals surface area contributed by atoms with E-state index < -0.39 is 0 Å². The number of hydrogen-bond donors (Lipinski definition) is 0. The van der Waals surface area contributed by atoms with Gasteiger partial charge in [0.2, 0.25) is 0 Å². The molecule has 0 fully saturated rings. The first-order valence-electron chi connectivity index (χ1n) is 16.9. The standard InChI is InChI=1S/C36H35Cl.C8H6N2/c1-5-24-10-9-11-25(6-2)36(24)27-18-23(4)35-26(19-27)15-17-31-29-12-7-8-13-30(29)33(21-34(31)35)32-20-28(37)16-14-22(32)3;1-2-7-6-9-5-3-8(7)10-4-1/h7,9-12,14-20,33H,5-6,8,13,21H2,1-4H3;1-6H. The predicted octanol–water partition coefficient (Wildman–Crippen LogP) is 12.0. The van der Waals surface area contributed by atoms with Gasteiger partial charge in [0, 0.05) is 34.9 Å². The van der Waals surface area contributed by atoms with Gasteiger partial charge in [-0.05, 0) is 149 Å². The molecule has 6 aromatic rings. The number of hydrogen-bond acceptors (Lipinski definition) is 2. The van der Waals surface area contributed by atoms with E-state index in [-0.39, 0.29) is 0 Å². The van der Waals surface area contributed by atoms with Crippen LogP contribution in [-0.4, -0.2) is 9.97 Å². The molecule has 3 heteroatoms. The number of nitrogens with zero attached hydrogens (tertiary/aromatic N) is 2. The van der Waals surface area contributed by atoms with Crippen molar-refractivity contribution in [1.82, 2.24) is 9.97 Å². The highest BCUT2D eigenvalue weighted by atomic mass is 35.5. The van der Waals surface area contributed by atoms with Crippen LogP contribution < -0.4 is 0 Å². The molecule has 1 atom stereocenters. The second-order valence-corrected chi connectivity index (χ2v) is 13.3. The van der Waals surface area contributed by atoms with E-state index in [4.69, 9.17) is 11.6 Å². The van der Waals surface area contributed by atoms with Crippen LogP contribution in [0.5, 0.6) is 0 Å². The number of aromatic nitrogens is 2. The van der Waals surface area contributed by atoms with E-state index in [0.29, 0.717) is 5.92 Å². The van der Waals surface area contributed by atoms with Crippen molar-refractivity contribution < 1.29 is 0 Å². The lowest BCUT2D eigenvalue weighted by Crippen LogP contribution is -2.17. The molecule has 0 saturated heterocycles. The van der Waals surface area contributed by atoms with Crippen LogP contribution in [-0.2, 0) is 19.3 Å². The molecule has 0 aliphatic heterocycles. The number of fused-ring (bicyclic) bond motifs is 5. The van der Waals surface area contributed by atoms with E-state index in [1.165, 1.54) is 66.4 Å². The molecule has 234 valence electrons. The summed E-state index contributed by atoms with van der Waals surface area (Å²) in [5, 5.41) is 4.71. The van der Waals surface area contributed by atoms with Gasteiger partial charge in [0.15, 0.2) is 0 Å². The first kappa shape index (κ1) is 31.1. The fraction of sp³-hybridized carbons (Fsp3) is 0.227. The van der Waals surface area contributed by atoms with Gasteiger partial charge in [-0.3, -0.25) is 9.97 Å². The maximum absolute atomic E-state index is 6.53. The first-order chi connectivity index (χ1) is 23.0. The number of rotatable bonds is 4. The van der Waals surface area contributed by atoms with Gasteiger partial charge in [0.05, 0.1) is 5.52 Å². The van der Waals surface area contributed by atoms with Crippen molar-refractivity contribution in [3.05, 3.63) is 159 Å². The lowest BCUT2D eigenvalue weighted by Gasteiger charge is -2.34. The van der Waals surface area contributed by atoms with Crippen LogP contribution in [0.25, 0.3) is 38.4 Å². The van der Waals surface area contributed by atoms with E-state index in [9.17, 15) is 0 Å². The lowest BCUT2D eigenvalue weighted by atomic mass is 9.70. The summed E-state index contributed by atoms with van der Waals surface area (Å²) in [4.78, 5) is 8.11. The number of pyridine rings is 2. The molecule has 8 rings (SSSR count). The highest BCUT2D eigenvalue weighted by Crippen LogP contribution is 2.48. The smallest absolute Gasteiger partial charge is 0.0732 e. The molecule has 47 heavy (non-hydrogen) atoms. The summed E-state index contributed by atoms with van der Waals surface area (Å²) in [5.74, 6) is 0.378. The van der Waals surface area contributed by atoms with Crippen LogP contribution in [0.4, 0.5) is 0 Å². The highest BCUT2D eigenvalue weighted by molar-refractivity contribution is 6.30. The van der Waals surface area contributed by atoms with Crippen LogP contribution >= 0.6 is 11.6 Å². The third-order valence-corrected chi connectivity index (χ3v) is 10.3. The number of allylic oxidation sites excluding steroid dienone is 4. The molecule has 0 radical (unpaired) electrons. The van der Waals surface area contributed by atoms with Gasteiger partial charge in [-0.25, -0.2) is 0 Å². The van der Waals surface area contributed by atoms with Crippen molar-refractivity contribution in [2.75, 3.05) is 0 Å². The zero-order valence-corrected chi connectivity index (χ0v) is 28.5. The minimum Gasteiger partial charge on any atom is -0.264 e. The van der Waals surface area contributed by atoms with E-state index in [1.54, 1.807) is 18.0 Å². The maximum atomic E-state index is 6.53. The van der Waals surface area contributed by atoms with Crippen molar-refractivity contribution in [1.29, 1.82) is 0 Å². The van der Waals surface area contributed by atoms with Crippen LogP contribution in [0, 0.1) is 13.8 Å². The lowest BCUT2D eigenvalue weighted by molar-refractivity contribution is 0.720. The van der Waals surface area contributed by atoms with Crippen molar-refractivity contribution >= 4 is 38.8 Å². The minimum atomic E-state index is 0.378. The van der Waals surface area contributed by atoms with Crippen LogP contribution in [0.15, 0.2) is 115 Å². The zero-order chi connectivity index (χ0) is 32.5. The van der Waals surface area contributed by atoms with E-state index in [1.807, 2.05) is 30.5 Å². The summed E-state index contributed by atoms with van der Waals surface area (Å²) in [7, 11) is 0. The molecule has 2 nitrogen and oxygen atoms in total. The summed E-state index contributed by atoms with van der Waals surface area (Å²) in [6, 6.07) is 28.6. The monoisotopic (exact) mass is 632 g/mol. The molecule has 0 spiro atoms. The van der Waals surface area contributed by atoms with Gasteiger partial charge < -0.3 is 0 Å². The number of halogens is 1. The topological polar surface area (TPSA) is 25.8 Å². The summed E-state index contributed by atoms with van der Waals surface area (Å²) in [6.45, 7) is 9.08. The summed E-state index contributed by atoms with van der Waals surface area (Å²) >= 11 is 6.53. The molecule has 0 bridgehead atoms. The van der Waals surface area contributed by atoms with Crippen molar-refractivity contribution in [2.45, 2.75) is 65.7 Å². The Morgan fingerprint density at radius 2 is 1.64 bits per heavy atom. The fourth-order valence-corrected chi connectivity index (χ4v) is 8.00. The first-order valence-corrected chi connectivity index (χ1v) is 17.3. The predicted molar refractivity (Wildman–Crippen MR) is 200 cm³/mol. The van der Waals surface area contributed by atoms with Gasteiger partial charge in [0.25, 0.3) is 0 Å². The quantitative estimate of drug-likeness (QED) is 0.193. The Hall–Kier alpha value is -4.53.